The molecule has 4 heteroatoms. The number of anilines is 1. The summed E-state index contributed by atoms with van der Waals surface area (Å²) in [6, 6.07) is 5.83. The number of hydrogen-bond donors (Lipinski definition) is 0. The molecule has 90 valence electrons. The average Bonchev–Trinajstić information content (AvgIpc) is 2.38. The summed E-state index contributed by atoms with van der Waals surface area (Å²) >= 11 is 0. The molecule has 2 rings (SSSR count). The van der Waals surface area contributed by atoms with E-state index in [0.29, 0.717) is 5.56 Å². The molecule has 2 heterocycles. The molecule has 4 nitrogen and oxygen atoms in total. The molecule has 0 radical (unpaired) electrons. The lowest BCUT2D eigenvalue weighted by molar-refractivity contribution is 0.0891. The zero-order valence-corrected chi connectivity index (χ0v) is 10.3. The van der Waals surface area contributed by atoms with Gasteiger partial charge < -0.3 is 9.64 Å². The lowest BCUT2D eigenvalue weighted by atomic mass is 10.1. The summed E-state index contributed by atoms with van der Waals surface area (Å²) in [5, 5.41) is 8.96. The van der Waals surface area contributed by atoms with Crippen molar-refractivity contribution in [3.63, 3.8) is 0 Å². The predicted octanol–water partition coefficient (Wildman–Crippen LogP) is 1.88. The molecule has 0 aliphatic carbocycles. The second-order valence-electron chi connectivity index (χ2n) is 4.41. The minimum absolute atomic E-state index is 0.275. The highest BCUT2D eigenvalue weighted by Gasteiger charge is 2.20. The van der Waals surface area contributed by atoms with E-state index in [1.54, 1.807) is 13.2 Å². The molecule has 1 atom stereocenters. The third-order valence-electron chi connectivity index (χ3n) is 3.10. The topological polar surface area (TPSA) is 49.1 Å². The SMILES string of the molecule is COC1CCCN(c2cc(C#N)cc(C)n2)C1. The number of nitriles is 1. The molecule has 1 fully saturated rings. The van der Waals surface area contributed by atoms with Crippen molar-refractivity contribution >= 4 is 5.82 Å². The summed E-state index contributed by atoms with van der Waals surface area (Å²) in [7, 11) is 1.75. The predicted molar refractivity (Wildman–Crippen MR) is 65.9 cm³/mol. The van der Waals surface area contributed by atoms with Gasteiger partial charge in [0.15, 0.2) is 0 Å². The molecule has 1 aliphatic heterocycles. The van der Waals surface area contributed by atoms with E-state index >= 15 is 0 Å². The van der Waals surface area contributed by atoms with Crippen LogP contribution >= 0.6 is 0 Å². The fourth-order valence-electron chi connectivity index (χ4n) is 2.22. The number of nitrogens with zero attached hydrogens (tertiary/aromatic N) is 3. The van der Waals surface area contributed by atoms with Crippen LogP contribution in [0.15, 0.2) is 12.1 Å². The number of pyridine rings is 1. The Morgan fingerprint density at radius 2 is 2.35 bits per heavy atom. The minimum Gasteiger partial charge on any atom is -0.380 e. The summed E-state index contributed by atoms with van der Waals surface area (Å²) in [6.45, 7) is 3.76. The Morgan fingerprint density at radius 1 is 1.53 bits per heavy atom. The molecular weight excluding hydrogens is 214 g/mol. The lowest BCUT2D eigenvalue weighted by Gasteiger charge is -2.32. The van der Waals surface area contributed by atoms with Gasteiger partial charge in [-0.25, -0.2) is 4.98 Å². The molecule has 1 aromatic rings. The maximum Gasteiger partial charge on any atom is 0.130 e. The first-order valence-corrected chi connectivity index (χ1v) is 5.89. The molecule has 0 bridgehead atoms. The summed E-state index contributed by atoms with van der Waals surface area (Å²) in [5.74, 6) is 0.892. The fourth-order valence-corrected chi connectivity index (χ4v) is 2.22. The number of aromatic nitrogens is 1. The van der Waals surface area contributed by atoms with Gasteiger partial charge in [-0.3, -0.25) is 0 Å². The number of hydrogen-bond acceptors (Lipinski definition) is 4. The Morgan fingerprint density at radius 3 is 3.06 bits per heavy atom. The first kappa shape index (κ1) is 11.9. The van der Waals surface area contributed by atoms with Crippen molar-refractivity contribution in [1.82, 2.24) is 4.98 Å². The minimum atomic E-state index is 0.275. The number of piperidine rings is 1. The fraction of sp³-hybridized carbons (Fsp3) is 0.538. The quantitative estimate of drug-likeness (QED) is 0.779. The van der Waals surface area contributed by atoms with Crippen molar-refractivity contribution in [2.45, 2.75) is 25.9 Å². The first-order valence-electron chi connectivity index (χ1n) is 5.89. The lowest BCUT2D eigenvalue weighted by Crippen LogP contribution is -2.39. The second-order valence-corrected chi connectivity index (χ2v) is 4.41. The summed E-state index contributed by atoms with van der Waals surface area (Å²) in [4.78, 5) is 6.69. The van der Waals surface area contributed by atoms with Crippen LogP contribution in [-0.4, -0.2) is 31.3 Å². The second kappa shape index (κ2) is 5.15. The first-order chi connectivity index (χ1) is 8.22. The van der Waals surface area contributed by atoms with Gasteiger partial charge in [0.2, 0.25) is 0 Å². The maximum atomic E-state index is 8.96. The smallest absolute Gasteiger partial charge is 0.130 e. The van der Waals surface area contributed by atoms with E-state index in [2.05, 4.69) is 16.0 Å². The third kappa shape index (κ3) is 2.75. The highest BCUT2D eigenvalue weighted by atomic mass is 16.5. The molecular formula is C13H17N3O. The van der Waals surface area contributed by atoms with Crippen molar-refractivity contribution in [3.8, 4) is 6.07 Å². The Balaban J connectivity index is 2.21. The van der Waals surface area contributed by atoms with Gasteiger partial charge in [0.1, 0.15) is 5.82 Å². The van der Waals surface area contributed by atoms with Crippen LogP contribution in [0.4, 0.5) is 5.82 Å². The molecule has 0 amide bonds. The standard InChI is InChI=1S/C13H17N3O/c1-10-6-11(8-14)7-13(15-10)16-5-3-4-12(9-16)17-2/h6-7,12H,3-5,9H2,1-2H3. The van der Waals surface area contributed by atoms with E-state index < -0.39 is 0 Å². The zero-order valence-electron chi connectivity index (χ0n) is 10.3. The van der Waals surface area contributed by atoms with Crippen LogP contribution < -0.4 is 4.90 Å². The van der Waals surface area contributed by atoms with Crippen molar-refractivity contribution < 1.29 is 4.74 Å². The molecule has 0 saturated carbocycles. The zero-order chi connectivity index (χ0) is 12.3. The van der Waals surface area contributed by atoms with Crippen LogP contribution in [0.3, 0.4) is 0 Å². The van der Waals surface area contributed by atoms with Gasteiger partial charge >= 0.3 is 0 Å². The van der Waals surface area contributed by atoms with Gasteiger partial charge in [0, 0.05) is 25.9 Å². The van der Waals surface area contributed by atoms with E-state index in [1.165, 1.54) is 0 Å². The molecule has 1 aromatic heterocycles. The van der Waals surface area contributed by atoms with Crippen LogP contribution in [0, 0.1) is 18.3 Å². The number of aryl methyl sites for hydroxylation is 1. The van der Waals surface area contributed by atoms with E-state index in [-0.39, 0.29) is 6.10 Å². The number of ether oxygens (including phenoxy) is 1. The van der Waals surface area contributed by atoms with Crippen molar-refractivity contribution in [1.29, 1.82) is 5.26 Å². The largest absolute Gasteiger partial charge is 0.380 e. The van der Waals surface area contributed by atoms with Gasteiger partial charge in [-0.05, 0) is 31.9 Å². The van der Waals surface area contributed by atoms with Crippen LogP contribution in [0.25, 0.3) is 0 Å². The van der Waals surface area contributed by atoms with Crippen molar-refractivity contribution in [3.05, 3.63) is 23.4 Å². The van der Waals surface area contributed by atoms with Crippen molar-refractivity contribution in [2.24, 2.45) is 0 Å². The summed E-state index contributed by atoms with van der Waals surface area (Å²) in [5.41, 5.74) is 1.56. The normalized spacial score (nSPS) is 20.1. The van der Waals surface area contributed by atoms with Gasteiger partial charge in [0.05, 0.1) is 17.7 Å². The van der Waals surface area contributed by atoms with Crippen LogP contribution in [-0.2, 0) is 4.74 Å². The van der Waals surface area contributed by atoms with E-state index in [1.807, 2.05) is 13.0 Å². The van der Waals surface area contributed by atoms with Gasteiger partial charge in [-0.1, -0.05) is 0 Å². The van der Waals surface area contributed by atoms with Crippen molar-refractivity contribution in [2.75, 3.05) is 25.1 Å². The number of methoxy groups -OCH3 is 1. The monoisotopic (exact) mass is 231 g/mol. The molecule has 1 unspecified atom stereocenters. The Hall–Kier alpha value is -1.60. The van der Waals surface area contributed by atoms with E-state index in [0.717, 1.165) is 37.4 Å². The van der Waals surface area contributed by atoms with E-state index in [4.69, 9.17) is 10.00 Å². The summed E-state index contributed by atoms with van der Waals surface area (Å²) in [6.07, 6.45) is 2.48. The average molecular weight is 231 g/mol. The molecule has 0 N–H and O–H groups in total. The highest BCUT2D eigenvalue weighted by Crippen LogP contribution is 2.20. The number of rotatable bonds is 2. The molecule has 17 heavy (non-hydrogen) atoms. The maximum absolute atomic E-state index is 8.96. The van der Waals surface area contributed by atoms with Gasteiger partial charge in [-0.2, -0.15) is 5.26 Å². The van der Waals surface area contributed by atoms with Crippen LogP contribution in [0.5, 0.6) is 0 Å². The Labute approximate surface area is 102 Å². The Kier molecular flexibility index (Phi) is 3.60. The summed E-state index contributed by atoms with van der Waals surface area (Å²) < 4.78 is 5.40. The third-order valence-corrected chi connectivity index (χ3v) is 3.10. The van der Waals surface area contributed by atoms with Gasteiger partial charge in [-0.15, -0.1) is 0 Å². The van der Waals surface area contributed by atoms with Crippen LogP contribution in [0.2, 0.25) is 0 Å². The van der Waals surface area contributed by atoms with E-state index in [9.17, 15) is 0 Å². The molecule has 1 aliphatic rings. The molecule has 0 aromatic carbocycles. The molecule has 1 saturated heterocycles. The Bertz CT molecular complexity index is 439. The van der Waals surface area contributed by atoms with Crippen LogP contribution in [0.1, 0.15) is 24.1 Å². The highest BCUT2D eigenvalue weighted by molar-refractivity contribution is 5.47. The molecule has 0 spiro atoms. The van der Waals surface area contributed by atoms with Gasteiger partial charge in [0.25, 0.3) is 0 Å².